The molecule has 1 saturated heterocycles. The second-order valence-electron chi connectivity index (χ2n) is 6.04. The monoisotopic (exact) mass is 273 g/mol. The van der Waals surface area contributed by atoms with Crippen molar-refractivity contribution >= 4 is 5.91 Å². The number of likely N-dealkylation sites (tertiary alicyclic amines) is 1. The molecule has 1 heterocycles. The van der Waals surface area contributed by atoms with E-state index in [0.717, 1.165) is 45.4 Å². The fraction of sp³-hybridized carbons (Fsp3) is 0.588. The van der Waals surface area contributed by atoms with E-state index >= 15 is 0 Å². The smallest absolute Gasteiger partial charge is 0.225 e. The summed E-state index contributed by atoms with van der Waals surface area (Å²) in [5.41, 5.74) is 1.23. The third-order valence-electron chi connectivity index (χ3n) is 4.32. The highest BCUT2D eigenvalue weighted by Crippen LogP contribution is 2.32. The predicted molar refractivity (Wildman–Crippen MR) is 78.1 cm³/mol. The zero-order chi connectivity index (χ0) is 13.8. The fourth-order valence-corrected chi connectivity index (χ4v) is 2.83. The Labute approximate surface area is 120 Å². The summed E-state index contributed by atoms with van der Waals surface area (Å²) in [6, 6.07) is 10.3. The summed E-state index contributed by atoms with van der Waals surface area (Å²) in [6.07, 6.45) is 4.40. The molecule has 1 amide bonds. The zero-order valence-electron chi connectivity index (χ0n) is 12.0. The molecule has 0 radical (unpaired) electrons. The van der Waals surface area contributed by atoms with Crippen LogP contribution in [0.25, 0.3) is 0 Å². The number of amides is 1. The lowest BCUT2D eigenvalue weighted by Crippen LogP contribution is -2.40. The number of hydrogen-bond donors (Lipinski definition) is 0. The number of piperidine rings is 1. The SMILES string of the molecule is O=C(C1CC1)N1CCC(COCc2ccccc2)CC1. The fourth-order valence-electron chi connectivity index (χ4n) is 2.83. The van der Waals surface area contributed by atoms with Crippen molar-refractivity contribution in [3.8, 4) is 0 Å². The van der Waals surface area contributed by atoms with Crippen LogP contribution >= 0.6 is 0 Å². The molecule has 0 aromatic heterocycles. The molecule has 1 aromatic rings. The number of carbonyl (C=O) groups excluding carboxylic acids is 1. The number of nitrogens with zero attached hydrogens (tertiary/aromatic N) is 1. The first-order chi connectivity index (χ1) is 9.83. The molecule has 0 bridgehead atoms. The van der Waals surface area contributed by atoms with Gasteiger partial charge in [0.05, 0.1) is 6.61 Å². The molecule has 2 aliphatic rings. The molecular formula is C17H23NO2. The average molecular weight is 273 g/mol. The van der Waals surface area contributed by atoms with E-state index in [4.69, 9.17) is 4.74 Å². The van der Waals surface area contributed by atoms with Crippen LogP contribution in [0.15, 0.2) is 30.3 Å². The Kier molecular flexibility index (Phi) is 4.36. The van der Waals surface area contributed by atoms with E-state index in [1.807, 2.05) is 18.2 Å². The second kappa shape index (κ2) is 6.40. The third-order valence-corrected chi connectivity index (χ3v) is 4.32. The molecular weight excluding hydrogens is 250 g/mol. The van der Waals surface area contributed by atoms with Gasteiger partial charge in [0.25, 0.3) is 0 Å². The van der Waals surface area contributed by atoms with E-state index in [-0.39, 0.29) is 0 Å². The van der Waals surface area contributed by atoms with Crippen molar-refractivity contribution in [2.24, 2.45) is 11.8 Å². The van der Waals surface area contributed by atoms with E-state index < -0.39 is 0 Å². The number of benzene rings is 1. The maximum Gasteiger partial charge on any atom is 0.225 e. The third kappa shape index (κ3) is 3.60. The molecule has 2 fully saturated rings. The van der Waals surface area contributed by atoms with E-state index in [0.29, 0.717) is 24.3 Å². The number of rotatable bonds is 5. The molecule has 108 valence electrons. The maximum atomic E-state index is 12.0. The Hall–Kier alpha value is -1.35. The van der Waals surface area contributed by atoms with Crippen molar-refractivity contribution in [2.45, 2.75) is 32.3 Å². The predicted octanol–water partition coefficient (Wildman–Crippen LogP) is 2.85. The van der Waals surface area contributed by atoms with Gasteiger partial charge in [-0.1, -0.05) is 30.3 Å². The lowest BCUT2D eigenvalue weighted by Gasteiger charge is -2.32. The van der Waals surface area contributed by atoms with Crippen LogP contribution in [0.5, 0.6) is 0 Å². The van der Waals surface area contributed by atoms with Gasteiger partial charge >= 0.3 is 0 Å². The second-order valence-corrected chi connectivity index (χ2v) is 6.04. The summed E-state index contributed by atoms with van der Waals surface area (Å²) in [4.78, 5) is 14.0. The number of ether oxygens (including phenoxy) is 1. The largest absolute Gasteiger partial charge is 0.376 e. The minimum Gasteiger partial charge on any atom is -0.376 e. The van der Waals surface area contributed by atoms with Crippen LogP contribution in [0.3, 0.4) is 0 Å². The summed E-state index contributed by atoms with van der Waals surface area (Å²) in [6.45, 7) is 3.37. The van der Waals surface area contributed by atoms with Crippen LogP contribution in [0.4, 0.5) is 0 Å². The van der Waals surface area contributed by atoms with Gasteiger partial charge in [-0.15, -0.1) is 0 Å². The van der Waals surface area contributed by atoms with Gasteiger partial charge in [-0.05, 0) is 37.2 Å². The summed E-state index contributed by atoms with van der Waals surface area (Å²) in [7, 11) is 0. The van der Waals surface area contributed by atoms with Gasteiger partial charge in [0, 0.05) is 25.6 Å². The van der Waals surface area contributed by atoms with Crippen molar-refractivity contribution in [1.82, 2.24) is 4.90 Å². The summed E-state index contributed by atoms with van der Waals surface area (Å²) >= 11 is 0. The maximum absolute atomic E-state index is 12.0. The van der Waals surface area contributed by atoms with E-state index in [1.54, 1.807) is 0 Å². The molecule has 0 N–H and O–H groups in total. The first kappa shape index (κ1) is 13.6. The zero-order valence-corrected chi connectivity index (χ0v) is 12.0. The average Bonchev–Trinajstić information content (AvgIpc) is 3.33. The molecule has 0 unspecified atom stereocenters. The topological polar surface area (TPSA) is 29.5 Å². The van der Waals surface area contributed by atoms with Gasteiger partial charge in [-0.2, -0.15) is 0 Å². The Morgan fingerprint density at radius 3 is 2.45 bits per heavy atom. The van der Waals surface area contributed by atoms with Crippen LogP contribution in [-0.4, -0.2) is 30.5 Å². The van der Waals surface area contributed by atoms with Gasteiger partial charge in [0.2, 0.25) is 5.91 Å². The van der Waals surface area contributed by atoms with Gasteiger partial charge < -0.3 is 9.64 Å². The lowest BCUT2D eigenvalue weighted by molar-refractivity contribution is -0.134. The Bertz CT molecular complexity index is 434. The lowest BCUT2D eigenvalue weighted by atomic mass is 9.97. The van der Waals surface area contributed by atoms with E-state index in [9.17, 15) is 4.79 Å². The van der Waals surface area contributed by atoms with Crippen molar-refractivity contribution in [1.29, 1.82) is 0 Å². The van der Waals surface area contributed by atoms with Crippen LogP contribution in [0, 0.1) is 11.8 Å². The molecule has 0 atom stereocenters. The van der Waals surface area contributed by atoms with E-state index in [2.05, 4.69) is 17.0 Å². The van der Waals surface area contributed by atoms with E-state index in [1.165, 1.54) is 5.56 Å². The quantitative estimate of drug-likeness (QED) is 0.825. The number of hydrogen-bond acceptors (Lipinski definition) is 2. The van der Waals surface area contributed by atoms with Crippen molar-refractivity contribution in [3.63, 3.8) is 0 Å². The van der Waals surface area contributed by atoms with Gasteiger partial charge in [-0.3, -0.25) is 4.79 Å². The molecule has 1 aliphatic carbocycles. The minimum atomic E-state index is 0.362. The molecule has 1 aliphatic heterocycles. The summed E-state index contributed by atoms with van der Waals surface area (Å²) in [5.74, 6) is 1.37. The van der Waals surface area contributed by atoms with Crippen LogP contribution in [0.2, 0.25) is 0 Å². The molecule has 1 saturated carbocycles. The molecule has 3 rings (SSSR count). The van der Waals surface area contributed by atoms with Gasteiger partial charge in [0.15, 0.2) is 0 Å². The first-order valence-corrected chi connectivity index (χ1v) is 7.73. The molecule has 1 aromatic carbocycles. The van der Waals surface area contributed by atoms with Gasteiger partial charge in [0.1, 0.15) is 0 Å². The van der Waals surface area contributed by atoms with Crippen LogP contribution < -0.4 is 0 Å². The Balaban J connectivity index is 1.35. The molecule has 0 spiro atoms. The van der Waals surface area contributed by atoms with Crippen LogP contribution in [-0.2, 0) is 16.1 Å². The highest BCUT2D eigenvalue weighted by molar-refractivity contribution is 5.81. The highest BCUT2D eigenvalue weighted by Gasteiger charge is 2.34. The van der Waals surface area contributed by atoms with Crippen molar-refractivity contribution in [3.05, 3.63) is 35.9 Å². The van der Waals surface area contributed by atoms with Crippen LogP contribution in [0.1, 0.15) is 31.2 Å². The summed E-state index contributed by atoms with van der Waals surface area (Å²) in [5, 5.41) is 0. The number of carbonyl (C=O) groups is 1. The van der Waals surface area contributed by atoms with Crippen molar-refractivity contribution in [2.75, 3.05) is 19.7 Å². The normalized spacial score (nSPS) is 20.1. The molecule has 20 heavy (non-hydrogen) atoms. The Morgan fingerprint density at radius 1 is 1.10 bits per heavy atom. The van der Waals surface area contributed by atoms with Gasteiger partial charge in [-0.25, -0.2) is 0 Å². The highest BCUT2D eigenvalue weighted by atomic mass is 16.5. The standard InChI is InChI=1S/C17H23NO2/c19-17(16-6-7-16)18-10-8-15(9-11-18)13-20-12-14-4-2-1-3-5-14/h1-5,15-16H,6-13H2. The Morgan fingerprint density at radius 2 is 1.80 bits per heavy atom. The first-order valence-electron chi connectivity index (χ1n) is 7.73. The van der Waals surface area contributed by atoms with Crippen molar-refractivity contribution < 1.29 is 9.53 Å². The molecule has 3 heteroatoms. The summed E-state index contributed by atoms with van der Waals surface area (Å²) < 4.78 is 5.81. The minimum absolute atomic E-state index is 0.362. The molecule has 3 nitrogen and oxygen atoms in total.